The van der Waals surface area contributed by atoms with Gasteiger partial charge in [-0.1, -0.05) is 24.8 Å². The molecule has 2 aliphatic rings. The van der Waals surface area contributed by atoms with Crippen LogP contribution in [0.5, 0.6) is 0 Å². The average molecular weight is 406 g/mol. The lowest BCUT2D eigenvalue weighted by Crippen LogP contribution is -2.31. The minimum Gasteiger partial charge on any atom is -0.386 e. The van der Waals surface area contributed by atoms with E-state index in [4.69, 9.17) is 4.74 Å². The van der Waals surface area contributed by atoms with Gasteiger partial charge < -0.3 is 20.3 Å². The molecule has 1 saturated carbocycles. The van der Waals surface area contributed by atoms with Crippen molar-refractivity contribution in [2.75, 3.05) is 5.32 Å². The van der Waals surface area contributed by atoms with Crippen LogP contribution >= 0.6 is 0 Å². The molecular weight excluding hydrogens is 384 g/mol. The number of ether oxygens (including phenoxy) is 1. The third-order valence-electron chi connectivity index (χ3n) is 5.57. The van der Waals surface area contributed by atoms with Gasteiger partial charge in [0.25, 0.3) is 0 Å². The first-order valence-corrected chi connectivity index (χ1v) is 10.1. The normalized spacial score (nSPS) is 26.6. The molecule has 3 aromatic rings. The summed E-state index contributed by atoms with van der Waals surface area (Å²) in [7, 11) is 0. The van der Waals surface area contributed by atoms with Gasteiger partial charge in [-0.2, -0.15) is 0 Å². The Morgan fingerprint density at radius 1 is 1.07 bits per heavy atom. The maximum absolute atomic E-state index is 10.6. The number of fused-ring (bicyclic) bond motifs is 1. The van der Waals surface area contributed by atoms with Gasteiger partial charge in [0.15, 0.2) is 23.2 Å². The topological polar surface area (TPSA) is 118 Å². The van der Waals surface area contributed by atoms with E-state index in [2.05, 4.69) is 37.1 Å². The summed E-state index contributed by atoms with van der Waals surface area (Å²) in [6.45, 7) is 0. The Balaban J connectivity index is 1.40. The lowest BCUT2D eigenvalue weighted by Gasteiger charge is -2.16. The molecule has 9 nitrogen and oxygen atoms in total. The molecule has 2 fully saturated rings. The van der Waals surface area contributed by atoms with E-state index >= 15 is 0 Å². The minimum atomic E-state index is -1.17. The zero-order chi connectivity index (χ0) is 20.5. The van der Waals surface area contributed by atoms with Crippen LogP contribution in [0.2, 0.25) is 0 Å². The highest BCUT2D eigenvalue weighted by molar-refractivity contribution is 5.82. The van der Waals surface area contributed by atoms with Crippen LogP contribution in [0, 0.1) is 11.8 Å². The summed E-state index contributed by atoms with van der Waals surface area (Å²) < 4.78 is 7.49. The number of hydrogen-bond acceptors (Lipinski definition) is 8. The van der Waals surface area contributed by atoms with Gasteiger partial charge in [0.05, 0.1) is 6.33 Å². The standard InChI is InChI=1S/C21H22N6O3/c28-17-15(9-8-13-5-3-4-10-22-13)30-21(18(17)29)27-12-25-16-19(23-11-24-20(16)27)26-14-6-1-2-7-14/h3-5,10-12,14-15,17-18,21,28-29H,1-2,6-7H2,(H,23,24,26)/t15-,17-,18-,21-/m1/s1. The molecule has 4 atom stereocenters. The zero-order valence-electron chi connectivity index (χ0n) is 16.2. The predicted octanol–water partition coefficient (Wildman–Crippen LogP) is 1.25. The molecule has 1 aliphatic heterocycles. The van der Waals surface area contributed by atoms with Crippen molar-refractivity contribution in [1.82, 2.24) is 24.5 Å². The molecule has 0 radical (unpaired) electrons. The van der Waals surface area contributed by atoms with Crippen LogP contribution in [0.1, 0.15) is 37.6 Å². The smallest absolute Gasteiger partial charge is 0.167 e. The Morgan fingerprint density at radius 2 is 1.93 bits per heavy atom. The molecule has 3 N–H and O–H groups in total. The first-order valence-electron chi connectivity index (χ1n) is 10.1. The minimum absolute atomic E-state index is 0.384. The van der Waals surface area contributed by atoms with E-state index in [9.17, 15) is 10.2 Å². The molecule has 0 spiro atoms. The first kappa shape index (κ1) is 18.9. The van der Waals surface area contributed by atoms with Gasteiger partial charge in [0.2, 0.25) is 0 Å². The number of nitrogens with one attached hydrogen (secondary N) is 1. The van der Waals surface area contributed by atoms with Crippen LogP contribution in [0.3, 0.4) is 0 Å². The summed E-state index contributed by atoms with van der Waals surface area (Å²) in [6.07, 6.45) is 5.24. The molecule has 30 heavy (non-hydrogen) atoms. The molecule has 0 amide bonds. The van der Waals surface area contributed by atoms with E-state index < -0.39 is 24.5 Å². The Kier molecular flexibility index (Phi) is 5.04. The molecule has 3 aromatic heterocycles. The number of aliphatic hydroxyl groups is 2. The van der Waals surface area contributed by atoms with Gasteiger partial charge in [-0.15, -0.1) is 0 Å². The highest BCUT2D eigenvalue weighted by Crippen LogP contribution is 2.32. The zero-order valence-corrected chi connectivity index (χ0v) is 16.2. The van der Waals surface area contributed by atoms with Crippen LogP contribution in [0.25, 0.3) is 11.2 Å². The first-order chi connectivity index (χ1) is 14.7. The second-order valence-corrected chi connectivity index (χ2v) is 7.58. The summed E-state index contributed by atoms with van der Waals surface area (Å²) in [4.78, 5) is 17.2. The fourth-order valence-corrected chi connectivity index (χ4v) is 4.00. The van der Waals surface area contributed by atoms with Gasteiger partial charge in [0, 0.05) is 12.2 Å². The number of pyridine rings is 1. The predicted molar refractivity (Wildman–Crippen MR) is 108 cm³/mol. The number of aliphatic hydroxyl groups excluding tert-OH is 2. The third kappa shape index (κ3) is 3.50. The molecule has 4 heterocycles. The molecule has 0 bridgehead atoms. The lowest BCUT2D eigenvalue weighted by atomic mass is 10.1. The number of hydrogen-bond donors (Lipinski definition) is 3. The van der Waals surface area contributed by atoms with E-state index in [0.717, 1.165) is 12.8 Å². The highest BCUT2D eigenvalue weighted by atomic mass is 16.6. The van der Waals surface area contributed by atoms with Crippen molar-refractivity contribution < 1.29 is 14.9 Å². The molecule has 0 aromatic carbocycles. The van der Waals surface area contributed by atoms with Gasteiger partial charge in [-0.25, -0.2) is 19.9 Å². The van der Waals surface area contributed by atoms with E-state index in [1.807, 2.05) is 6.07 Å². The van der Waals surface area contributed by atoms with Crippen molar-refractivity contribution in [3.05, 3.63) is 42.7 Å². The molecule has 9 heteroatoms. The van der Waals surface area contributed by atoms with Gasteiger partial charge in [0.1, 0.15) is 30.3 Å². The second-order valence-electron chi connectivity index (χ2n) is 7.58. The third-order valence-corrected chi connectivity index (χ3v) is 5.57. The van der Waals surface area contributed by atoms with Crippen LogP contribution in [0.4, 0.5) is 5.82 Å². The monoisotopic (exact) mass is 406 g/mol. The van der Waals surface area contributed by atoms with Crippen LogP contribution < -0.4 is 5.32 Å². The number of imidazole rings is 1. The Bertz CT molecular complexity index is 1090. The van der Waals surface area contributed by atoms with Crippen molar-refractivity contribution in [2.24, 2.45) is 0 Å². The molecule has 1 saturated heterocycles. The molecular formula is C21H22N6O3. The Morgan fingerprint density at radius 3 is 2.73 bits per heavy atom. The fourth-order valence-electron chi connectivity index (χ4n) is 4.00. The summed E-state index contributed by atoms with van der Waals surface area (Å²) in [5.41, 5.74) is 1.70. The number of nitrogens with zero attached hydrogens (tertiary/aromatic N) is 5. The summed E-state index contributed by atoms with van der Waals surface area (Å²) >= 11 is 0. The van der Waals surface area contributed by atoms with Crippen molar-refractivity contribution in [3.63, 3.8) is 0 Å². The molecule has 5 rings (SSSR count). The molecule has 154 valence electrons. The van der Waals surface area contributed by atoms with E-state index in [1.54, 1.807) is 29.2 Å². The van der Waals surface area contributed by atoms with Crippen molar-refractivity contribution in [2.45, 2.75) is 56.3 Å². The van der Waals surface area contributed by atoms with Gasteiger partial charge in [-0.3, -0.25) is 4.57 Å². The number of anilines is 1. The number of rotatable bonds is 3. The quantitative estimate of drug-likeness (QED) is 0.556. The van der Waals surface area contributed by atoms with Crippen LogP contribution in [-0.2, 0) is 4.74 Å². The summed E-state index contributed by atoms with van der Waals surface area (Å²) in [6, 6.07) is 5.78. The van der Waals surface area contributed by atoms with Crippen LogP contribution in [0.15, 0.2) is 37.1 Å². The molecule has 1 aliphatic carbocycles. The average Bonchev–Trinajstić information content (AvgIpc) is 3.49. The lowest BCUT2D eigenvalue weighted by molar-refractivity contribution is -0.0230. The van der Waals surface area contributed by atoms with E-state index in [1.165, 1.54) is 19.2 Å². The highest BCUT2D eigenvalue weighted by Gasteiger charge is 2.43. The second kappa shape index (κ2) is 7.99. The Hall–Kier alpha value is -3.06. The van der Waals surface area contributed by atoms with Crippen LogP contribution in [-0.4, -0.2) is 59.1 Å². The molecule has 0 unspecified atom stereocenters. The fraction of sp³-hybridized carbons (Fsp3) is 0.429. The summed E-state index contributed by atoms with van der Waals surface area (Å²) in [5.74, 6) is 6.40. The maximum atomic E-state index is 10.6. The maximum Gasteiger partial charge on any atom is 0.167 e. The number of aromatic nitrogens is 5. The Labute approximate surface area is 173 Å². The van der Waals surface area contributed by atoms with E-state index in [0.29, 0.717) is 28.7 Å². The van der Waals surface area contributed by atoms with Crippen molar-refractivity contribution in [1.29, 1.82) is 0 Å². The van der Waals surface area contributed by atoms with Gasteiger partial charge >= 0.3 is 0 Å². The van der Waals surface area contributed by atoms with Crippen molar-refractivity contribution >= 4 is 17.0 Å². The summed E-state index contributed by atoms with van der Waals surface area (Å²) in [5, 5.41) is 24.5. The largest absolute Gasteiger partial charge is 0.386 e. The van der Waals surface area contributed by atoms with E-state index in [-0.39, 0.29) is 0 Å². The van der Waals surface area contributed by atoms with Crippen molar-refractivity contribution in [3.8, 4) is 11.8 Å². The van der Waals surface area contributed by atoms with Gasteiger partial charge in [-0.05, 0) is 30.9 Å². The SMILES string of the molecule is O[C@@H]1[C@H](O)[C@@H](C#Cc2ccccn2)O[C@H]1n1cnc2c(NC3CCCC3)ncnc21.